The normalized spacial score (nSPS) is 15.0. The molecule has 5 rings (SSSR count). The largest absolute Gasteiger partial charge is 0.474 e. The second-order valence-electron chi connectivity index (χ2n) is 9.24. The first kappa shape index (κ1) is 27.1. The summed E-state index contributed by atoms with van der Waals surface area (Å²) in [5.74, 6) is 6.55. The van der Waals surface area contributed by atoms with Crippen LogP contribution < -0.4 is 10.1 Å². The number of nitrogens with one attached hydrogen (secondary N) is 2. The predicted molar refractivity (Wildman–Crippen MR) is 165 cm³/mol. The Hall–Kier alpha value is -5.48. The molecular formula is C34H29N5O2. The van der Waals surface area contributed by atoms with Gasteiger partial charge in [0.1, 0.15) is 5.75 Å². The molecule has 4 aromatic rings. The minimum absolute atomic E-state index is 0.286. The van der Waals surface area contributed by atoms with E-state index in [1.165, 1.54) is 0 Å². The van der Waals surface area contributed by atoms with Crippen LogP contribution in [0, 0.1) is 11.8 Å². The molecule has 0 bridgehead atoms. The van der Waals surface area contributed by atoms with Crippen molar-refractivity contribution < 1.29 is 9.53 Å². The van der Waals surface area contributed by atoms with Crippen LogP contribution in [0.4, 0.5) is 5.69 Å². The van der Waals surface area contributed by atoms with Crippen LogP contribution in [0.25, 0.3) is 16.5 Å². The lowest BCUT2D eigenvalue weighted by Gasteiger charge is -2.13. The molecule has 0 aliphatic carbocycles. The SMILES string of the molecule is C=C/C(=C\C=C/C)Cc1ccc(NC(=O)c2n[nH]c3ccc(C4=CC(Oc5ccccc5)C#CCN=C4)cc23)cn1. The quantitative estimate of drug-likeness (QED) is 0.191. The minimum atomic E-state index is -0.446. The van der Waals surface area contributed by atoms with Gasteiger partial charge in [0.2, 0.25) is 0 Å². The summed E-state index contributed by atoms with van der Waals surface area (Å²) in [6.07, 6.45) is 13.3. The van der Waals surface area contributed by atoms with E-state index in [-0.39, 0.29) is 11.6 Å². The van der Waals surface area contributed by atoms with Crippen molar-refractivity contribution in [2.75, 3.05) is 11.9 Å². The molecule has 3 heterocycles. The third-order valence-corrected chi connectivity index (χ3v) is 6.33. The average Bonchev–Trinajstić information content (AvgIpc) is 3.41. The number of fused-ring (bicyclic) bond motifs is 1. The van der Waals surface area contributed by atoms with Crippen molar-refractivity contribution in [1.29, 1.82) is 0 Å². The fourth-order valence-corrected chi connectivity index (χ4v) is 4.25. The number of nitrogens with zero attached hydrogens (tertiary/aromatic N) is 3. The Bertz CT molecular complexity index is 1730. The Morgan fingerprint density at radius 2 is 2.07 bits per heavy atom. The van der Waals surface area contributed by atoms with Crippen LogP contribution in [0.5, 0.6) is 5.75 Å². The van der Waals surface area contributed by atoms with Gasteiger partial charge in [0.25, 0.3) is 5.91 Å². The van der Waals surface area contributed by atoms with Crippen LogP contribution in [0.2, 0.25) is 0 Å². The molecule has 0 fully saturated rings. The standard InChI is InChI=1S/C34H29N5O2/c1-3-5-10-24(4-2)19-27-15-16-28(23-36-27)37-34(40)33-31-21-25(14-17-32(31)38-39-33)26-20-30(13-9-18-35-22-26)41-29-11-7-6-8-12-29/h3-8,10-12,14-17,20-23,30H,2,18-19H2,1H3,(H,37,40)(H,38,39)/b5-3-,24-10+,26-20?,35-22?. The molecular weight excluding hydrogens is 510 g/mol. The molecule has 0 radical (unpaired) electrons. The van der Waals surface area contributed by atoms with Gasteiger partial charge in [0, 0.05) is 29.3 Å². The molecule has 41 heavy (non-hydrogen) atoms. The summed E-state index contributed by atoms with van der Waals surface area (Å²) >= 11 is 0. The van der Waals surface area contributed by atoms with Gasteiger partial charge >= 0.3 is 0 Å². The molecule has 2 aromatic heterocycles. The van der Waals surface area contributed by atoms with Gasteiger partial charge in [-0.25, -0.2) is 0 Å². The van der Waals surface area contributed by atoms with Crippen LogP contribution in [0.15, 0.2) is 114 Å². The van der Waals surface area contributed by atoms with Crippen molar-refractivity contribution in [2.45, 2.75) is 19.4 Å². The Morgan fingerprint density at radius 1 is 1.20 bits per heavy atom. The molecule has 1 aliphatic heterocycles. The lowest BCUT2D eigenvalue weighted by molar-refractivity contribution is 0.102. The molecule has 0 spiro atoms. The highest BCUT2D eigenvalue weighted by Crippen LogP contribution is 2.24. The zero-order valence-electron chi connectivity index (χ0n) is 22.7. The van der Waals surface area contributed by atoms with Gasteiger partial charge in [-0.1, -0.05) is 67.0 Å². The average molecular weight is 540 g/mol. The van der Waals surface area contributed by atoms with E-state index in [2.05, 4.69) is 43.9 Å². The van der Waals surface area contributed by atoms with Gasteiger partial charge in [0.15, 0.2) is 11.8 Å². The topological polar surface area (TPSA) is 92.3 Å². The van der Waals surface area contributed by atoms with Crippen molar-refractivity contribution in [2.24, 2.45) is 4.99 Å². The van der Waals surface area contributed by atoms with Gasteiger partial charge in [-0.05, 0) is 60.5 Å². The Balaban J connectivity index is 1.35. The molecule has 1 unspecified atom stereocenters. The van der Waals surface area contributed by atoms with Gasteiger partial charge in [-0.15, -0.1) is 0 Å². The monoisotopic (exact) mass is 539 g/mol. The van der Waals surface area contributed by atoms with Gasteiger partial charge < -0.3 is 10.1 Å². The minimum Gasteiger partial charge on any atom is -0.474 e. The van der Waals surface area contributed by atoms with E-state index in [4.69, 9.17) is 4.74 Å². The maximum absolute atomic E-state index is 13.2. The molecule has 202 valence electrons. The highest BCUT2D eigenvalue weighted by Gasteiger charge is 2.17. The first-order chi connectivity index (χ1) is 20.1. The Labute approximate surface area is 239 Å². The van der Waals surface area contributed by atoms with Crippen molar-refractivity contribution >= 4 is 34.3 Å². The first-order valence-electron chi connectivity index (χ1n) is 13.2. The smallest absolute Gasteiger partial charge is 0.276 e. The number of hydrogen-bond donors (Lipinski definition) is 2. The number of anilines is 1. The number of allylic oxidation sites excluding steroid dienone is 6. The molecule has 7 nitrogen and oxygen atoms in total. The summed E-state index contributed by atoms with van der Waals surface area (Å²) in [6, 6.07) is 19.1. The van der Waals surface area contributed by atoms with Crippen molar-refractivity contribution in [3.63, 3.8) is 0 Å². The lowest BCUT2D eigenvalue weighted by atomic mass is 10.0. The Kier molecular flexibility index (Phi) is 8.63. The number of aliphatic imine (C=N–C) groups is 1. The highest BCUT2D eigenvalue weighted by molar-refractivity contribution is 6.14. The number of H-pyrrole nitrogens is 1. The number of benzene rings is 2. The number of pyridine rings is 1. The summed E-state index contributed by atoms with van der Waals surface area (Å²) in [5, 5.41) is 10.9. The number of aromatic amines is 1. The zero-order chi connectivity index (χ0) is 28.4. The number of aromatic nitrogens is 3. The number of carbonyl (C=O) groups is 1. The number of hydrogen-bond acceptors (Lipinski definition) is 5. The van der Waals surface area contributed by atoms with E-state index in [1.807, 2.05) is 98.0 Å². The summed E-state index contributed by atoms with van der Waals surface area (Å²) < 4.78 is 6.09. The fourth-order valence-electron chi connectivity index (χ4n) is 4.25. The molecule has 7 heteroatoms. The van der Waals surface area contributed by atoms with E-state index in [9.17, 15) is 4.79 Å². The Morgan fingerprint density at radius 3 is 2.85 bits per heavy atom. The summed E-state index contributed by atoms with van der Waals surface area (Å²) in [4.78, 5) is 22.1. The van der Waals surface area contributed by atoms with Crippen LogP contribution in [-0.2, 0) is 6.42 Å². The van der Waals surface area contributed by atoms with Gasteiger partial charge in [0.05, 0.1) is 23.9 Å². The maximum atomic E-state index is 13.2. The fraction of sp³-hybridized carbons (Fsp3) is 0.118. The molecule has 2 aromatic carbocycles. The van der Waals surface area contributed by atoms with E-state index in [0.29, 0.717) is 24.0 Å². The van der Waals surface area contributed by atoms with E-state index >= 15 is 0 Å². The second-order valence-corrected chi connectivity index (χ2v) is 9.24. The van der Waals surface area contributed by atoms with Crippen LogP contribution in [-0.4, -0.2) is 40.0 Å². The third kappa shape index (κ3) is 6.94. The number of rotatable bonds is 9. The molecule has 1 aliphatic rings. The van der Waals surface area contributed by atoms with Crippen molar-refractivity contribution in [1.82, 2.24) is 15.2 Å². The third-order valence-electron chi connectivity index (χ3n) is 6.33. The molecule has 0 saturated carbocycles. The second kappa shape index (κ2) is 13.0. The molecule has 1 amide bonds. The van der Waals surface area contributed by atoms with Crippen molar-refractivity contribution in [3.05, 3.63) is 126 Å². The van der Waals surface area contributed by atoms with E-state index in [0.717, 1.165) is 33.7 Å². The molecule has 1 atom stereocenters. The number of para-hydroxylation sites is 1. The zero-order valence-corrected chi connectivity index (χ0v) is 22.7. The molecule has 0 saturated heterocycles. The summed E-state index contributed by atoms with van der Waals surface area (Å²) in [7, 11) is 0. The number of ether oxygens (including phenoxy) is 1. The molecule has 2 N–H and O–H groups in total. The maximum Gasteiger partial charge on any atom is 0.276 e. The first-order valence-corrected chi connectivity index (χ1v) is 13.2. The number of amides is 1. The lowest BCUT2D eigenvalue weighted by Crippen LogP contribution is -2.14. The van der Waals surface area contributed by atoms with E-state index < -0.39 is 6.10 Å². The predicted octanol–water partition coefficient (Wildman–Crippen LogP) is 6.36. The van der Waals surface area contributed by atoms with Crippen molar-refractivity contribution in [3.8, 4) is 17.6 Å². The van der Waals surface area contributed by atoms with Gasteiger partial charge in [-0.3, -0.25) is 19.9 Å². The van der Waals surface area contributed by atoms with Gasteiger partial charge in [-0.2, -0.15) is 5.10 Å². The number of carbonyl (C=O) groups excluding carboxylic acids is 1. The van der Waals surface area contributed by atoms with Crippen LogP contribution >= 0.6 is 0 Å². The summed E-state index contributed by atoms with van der Waals surface area (Å²) in [5.41, 5.74) is 5.26. The summed E-state index contributed by atoms with van der Waals surface area (Å²) in [6.45, 7) is 6.21. The van der Waals surface area contributed by atoms with E-state index in [1.54, 1.807) is 12.4 Å². The van der Waals surface area contributed by atoms with Crippen LogP contribution in [0.1, 0.15) is 28.7 Å². The van der Waals surface area contributed by atoms with Crippen LogP contribution in [0.3, 0.4) is 0 Å². The highest BCUT2D eigenvalue weighted by atomic mass is 16.5.